The van der Waals surface area contributed by atoms with Crippen molar-refractivity contribution in [2.45, 2.75) is 79.2 Å². The maximum absolute atomic E-state index is 13.3. The third kappa shape index (κ3) is 7.07. The van der Waals surface area contributed by atoms with Gasteiger partial charge in [-0.15, -0.1) is 0 Å². The summed E-state index contributed by atoms with van der Waals surface area (Å²) in [6.45, 7) is 10.4. The van der Waals surface area contributed by atoms with Crippen LogP contribution >= 0.6 is 11.6 Å². The Bertz CT molecular complexity index is 881. The van der Waals surface area contributed by atoms with Gasteiger partial charge in [-0.2, -0.15) is 0 Å². The van der Waals surface area contributed by atoms with E-state index in [2.05, 4.69) is 18.8 Å². The van der Waals surface area contributed by atoms with Gasteiger partial charge in [0.2, 0.25) is 0 Å². The van der Waals surface area contributed by atoms with Crippen molar-refractivity contribution in [3.63, 3.8) is 0 Å². The molecule has 0 saturated carbocycles. The second-order valence-electron chi connectivity index (χ2n) is 8.44. The Morgan fingerprint density at radius 2 is 1.79 bits per heavy atom. The van der Waals surface area contributed by atoms with Gasteiger partial charge < -0.3 is 9.47 Å². The van der Waals surface area contributed by atoms with Crippen molar-refractivity contribution in [1.29, 1.82) is 0 Å². The highest BCUT2D eigenvalue weighted by atomic mass is 35.5. The molecule has 1 heterocycles. The number of esters is 1. The van der Waals surface area contributed by atoms with E-state index < -0.39 is 18.1 Å². The zero-order valence-corrected chi connectivity index (χ0v) is 21.3. The minimum Gasteiger partial charge on any atom is -0.462 e. The summed E-state index contributed by atoms with van der Waals surface area (Å²) < 4.78 is 11.3. The fourth-order valence-corrected chi connectivity index (χ4v) is 4.14. The van der Waals surface area contributed by atoms with Gasteiger partial charge >= 0.3 is 12.1 Å². The number of unbranched alkanes of at least 4 members (excludes halogenated alkanes) is 2. The molecule has 0 fully saturated rings. The summed E-state index contributed by atoms with van der Waals surface area (Å²) in [6.07, 6.45) is 5.27. The second kappa shape index (κ2) is 13.4. The number of allylic oxidation sites excluding steroid dienone is 1. The van der Waals surface area contributed by atoms with Crippen molar-refractivity contribution in [3.8, 4) is 0 Å². The first-order valence-corrected chi connectivity index (χ1v) is 12.4. The molecule has 2 unspecified atom stereocenters. The summed E-state index contributed by atoms with van der Waals surface area (Å²) in [4.78, 5) is 32.4. The first-order chi connectivity index (χ1) is 15.8. The largest absolute Gasteiger partial charge is 0.462 e. The maximum Gasteiger partial charge on any atom is 0.416 e. The number of benzene rings is 1. The number of aliphatic imine (C=N–C) groups is 1. The number of amidine groups is 1. The molecule has 1 aromatic rings. The first-order valence-electron chi connectivity index (χ1n) is 12.0. The van der Waals surface area contributed by atoms with Crippen molar-refractivity contribution in [3.05, 3.63) is 46.1 Å². The molecule has 0 aromatic heterocycles. The van der Waals surface area contributed by atoms with Gasteiger partial charge in [0.25, 0.3) is 0 Å². The van der Waals surface area contributed by atoms with E-state index in [9.17, 15) is 9.59 Å². The molecule has 1 amide bonds. The number of ether oxygens (including phenoxy) is 2. The first kappa shape index (κ1) is 26.9. The molecule has 7 heteroatoms. The normalized spacial score (nSPS) is 17.0. The number of halogens is 1. The molecule has 0 radical (unpaired) electrons. The lowest BCUT2D eigenvalue weighted by molar-refractivity contribution is -0.139. The molecule has 182 valence electrons. The molecule has 1 aliphatic rings. The average Bonchev–Trinajstić information content (AvgIpc) is 2.79. The lowest BCUT2D eigenvalue weighted by atomic mass is 9.94. The third-order valence-corrected chi connectivity index (χ3v) is 6.28. The SMILES string of the molecule is CCCCOC(=O)C1=C(C)N=C(C)N(C(=O)OCC(CC)CCCC)C1c1ccccc1Cl. The maximum atomic E-state index is 13.3. The number of carbonyl (C=O) groups is 2. The van der Waals surface area contributed by atoms with Crippen LogP contribution in [0.25, 0.3) is 0 Å². The highest BCUT2D eigenvalue weighted by Gasteiger charge is 2.40. The van der Waals surface area contributed by atoms with Gasteiger partial charge in [-0.1, -0.05) is 76.3 Å². The molecule has 6 nitrogen and oxygen atoms in total. The van der Waals surface area contributed by atoms with E-state index >= 15 is 0 Å². The topological polar surface area (TPSA) is 68.2 Å². The zero-order valence-electron chi connectivity index (χ0n) is 20.5. The average molecular weight is 477 g/mol. The van der Waals surface area contributed by atoms with Gasteiger partial charge in [-0.05, 0) is 44.2 Å². The Labute approximate surface area is 203 Å². The predicted molar refractivity (Wildman–Crippen MR) is 132 cm³/mol. The van der Waals surface area contributed by atoms with Gasteiger partial charge in [0.15, 0.2) is 0 Å². The molecular weight excluding hydrogens is 440 g/mol. The third-order valence-electron chi connectivity index (χ3n) is 5.93. The summed E-state index contributed by atoms with van der Waals surface area (Å²) in [5.74, 6) is 0.258. The van der Waals surface area contributed by atoms with Crippen LogP contribution in [0.15, 0.2) is 40.5 Å². The number of hydrogen-bond acceptors (Lipinski definition) is 5. The Kier molecular flexibility index (Phi) is 10.9. The van der Waals surface area contributed by atoms with E-state index in [0.717, 1.165) is 38.5 Å². The molecule has 1 aromatic carbocycles. The van der Waals surface area contributed by atoms with Crippen LogP contribution in [-0.2, 0) is 14.3 Å². The molecule has 2 atom stereocenters. The van der Waals surface area contributed by atoms with E-state index in [1.165, 1.54) is 4.90 Å². The molecule has 0 N–H and O–H groups in total. The Hall–Kier alpha value is -2.34. The molecule has 1 aliphatic heterocycles. The van der Waals surface area contributed by atoms with Crippen LogP contribution in [-0.4, -0.2) is 36.0 Å². The van der Waals surface area contributed by atoms with Crippen LogP contribution < -0.4 is 0 Å². The van der Waals surface area contributed by atoms with Gasteiger partial charge in [0.1, 0.15) is 11.9 Å². The number of carbonyl (C=O) groups excluding carboxylic acids is 2. The van der Waals surface area contributed by atoms with E-state index in [0.29, 0.717) is 46.8 Å². The van der Waals surface area contributed by atoms with Crippen LogP contribution in [0, 0.1) is 5.92 Å². The summed E-state index contributed by atoms with van der Waals surface area (Å²) >= 11 is 6.53. The van der Waals surface area contributed by atoms with Crippen molar-refractivity contribution in [2.75, 3.05) is 13.2 Å². The highest BCUT2D eigenvalue weighted by Crippen LogP contribution is 2.39. The van der Waals surface area contributed by atoms with E-state index in [-0.39, 0.29) is 0 Å². The molecule has 0 saturated heterocycles. The standard InChI is InChI=1S/C26H37ClN2O4/c1-6-9-13-20(8-3)17-33-26(31)29-19(5)28-18(4)23(25(30)32-16-10-7-2)24(29)21-14-11-12-15-22(21)27/h11-12,14-15,20,24H,6-10,13,16-17H2,1-5H3. The zero-order chi connectivity index (χ0) is 24.4. The fourth-order valence-electron chi connectivity index (χ4n) is 3.90. The van der Waals surface area contributed by atoms with Crippen molar-refractivity contribution in [2.24, 2.45) is 10.9 Å². The Morgan fingerprint density at radius 1 is 1.09 bits per heavy atom. The lowest BCUT2D eigenvalue weighted by Gasteiger charge is -2.36. The molecular formula is C26H37ClN2O4. The van der Waals surface area contributed by atoms with Crippen LogP contribution in [0.5, 0.6) is 0 Å². The van der Waals surface area contributed by atoms with Crippen molar-refractivity contribution in [1.82, 2.24) is 4.90 Å². The number of hydrogen-bond donors (Lipinski definition) is 0. The second-order valence-corrected chi connectivity index (χ2v) is 8.84. The summed E-state index contributed by atoms with van der Waals surface area (Å²) in [7, 11) is 0. The van der Waals surface area contributed by atoms with Crippen LogP contribution in [0.4, 0.5) is 4.79 Å². The van der Waals surface area contributed by atoms with Crippen LogP contribution in [0.2, 0.25) is 5.02 Å². The Balaban J connectivity index is 2.39. The van der Waals surface area contributed by atoms with Gasteiger partial charge in [0, 0.05) is 5.02 Å². The molecule has 0 aliphatic carbocycles. The van der Waals surface area contributed by atoms with E-state index in [4.69, 9.17) is 21.1 Å². The lowest BCUT2D eigenvalue weighted by Crippen LogP contribution is -2.44. The summed E-state index contributed by atoms with van der Waals surface area (Å²) in [5, 5.41) is 0.455. The minimum absolute atomic E-state index is 0.297. The molecule has 0 bridgehead atoms. The van der Waals surface area contributed by atoms with Gasteiger partial charge in [-0.25, -0.2) is 14.6 Å². The smallest absolute Gasteiger partial charge is 0.416 e. The Morgan fingerprint density at radius 3 is 2.42 bits per heavy atom. The van der Waals surface area contributed by atoms with E-state index in [1.807, 2.05) is 25.1 Å². The van der Waals surface area contributed by atoms with Gasteiger partial charge in [-0.3, -0.25) is 4.90 Å². The van der Waals surface area contributed by atoms with E-state index in [1.54, 1.807) is 19.9 Å². The molecule has 2 rings (SSSR count). The number of amides is 1. The summed E-state index contributed by atoms with van der Waals surface area (Å²) in [6, 6.07) is 6.43. The fraction of sp³-hybridized carbons (Fsp3) is 0.577. The van der Waals surface area contributed by atoms with Crippen LogP contribution in [0.3, 0.4) is 0 Å². The number of rotatable bonds is 11. The number of nitrogens with zero attached hydrogens (tertiary/aromatic N) is 2. The minimum atomic E-state index is -0.770. The monoisotopic (exact) mass is 476 g/mol. The molecule has 0 spiro atoms. The van der Waals surface area contributed by atoms with Crippen molar-refractivity contribution < 1.29 is 19.1 Å². The quantitative estimate of drug-likeness (QED) is 0.252. The van der Waals surface area contributed by atoms with Crippen LogP contribution in [0.1, 0.15) is 84.7 Å². The molecule has 33 heavy (non-hydrogen) atoms. The van der Waals surface area contributed by atoms with Crippen molar-refractivity contribution >= 4 is 29.5 Å². The van der Waals surface area contributed by atoms with Gasteiger partial charge in [0.05, 0.1) is 24.5 Å². The summed E-state index contributed by atoms with van der Waals surface area (Å²) in [5.41, 5.74) is 1.45. The highest BCUT2D eigenvalue weighted by molar-refractivity contribution is 6.31. The predicted octanol–water partition coefficient (Wildman–Crippen LogP) is 7.09.